The molecule has 0 saturated carbocycles. The maximum Gasteiger partial charge on any atom is -1.00 e. The van der Waals surface area contributed by atoms with Crippen LogP contribution in [0.25, 0.3) is 0 Å². The van der Waals surface area contributed by atoms with Crippen LogP contribution in [0.4, 0.5) is 0 Å². The van der Waals surface area contributed by atoms with Gasteiger partial charge in [0.1, 0.15) is 0 Å². The van der Waals surface area contributed by atoms with E-state index >= 15 is 0 Å². The molecule has 0 N–H and O–H groups in total. The summed E-state index contributed by atoms with van der Waals surface area (Å²) in [6.45, 7) is 19.0. The second-order valence-electron chi connectivity index (χ2n) is 8.26. The maximum absolute atomic E-state index is 2.55. The molecule has 0 radical (unpaired) electrons. The van der Waals surface area contributed by atoms with Crippen molar-refractivity contribution in [3.63, 3.8) is 0 Å². The van der Waals surface area contributed by atoms with E-state index < -0.39 is 22.9 Å². The SMILES string of the molecule is CC(C)C1=CC[C]([Hf+2][C]2=C(C(C)C)C(C(C)C)=CC2)=C1C(C)C.[Cl-].[Cl-]. The van der Waals surface area contributed by atoms with E-state index in [9.17, 15) is 0 Å². The predicted molar refractivity (Wildman–Crippen MR) is 98.8 cm³/mol. The average molecular weight is 548 g/mol. The molecule has 0 fully saturated rings. The number of hydrogen-bond donors (Lipinski definition) is 0. The monoisotopic (exact) mass is 548 g/mol. The van der Waals surface area contributed by atoms with E-state index in [1.165, 1.54) is 12.8 Å². The van der Waals surface area contributed by atoms with Gasteiger partial charge in [-0.2, -0.15) is 0 Å². The van der Waals surface area contributed by atoms with Gasteiger partial charge in [0.15, 0.2) is 0 Å². The van der Waals surface area contributed by atoms with Crippen LogP contribution in [0.3, 0.4) is 0 Å². The Morgan fingerprint density at radius 1 is 0.600 bits per heavy atom. The largest absolute Gasteiger partial charge is 1.00 e. The van der Waals surface area contributed by atoms with E-state index in [-0.39, 0.29) is 24.8 Å². The molecule has 0 aromatic carbocycles. The standard InChI is InChI=1S/2C11H17.2ClH.Hf/c2*1-8(2)10-6-5-7-11(10)9(3)4;;;/h2*6,8-9H,5H2,1-4H3;2*1H;/q;;;;+2/p-2. The Hall–Kier alpha value is 0.410. The van der Waals surface area contributed by atoms with Gasteiger partial charge in [-0.15, -0.1) is 0 Å². The second kappa shape index (κ2) is 10.7. The van der Waals surface area contributed by atoms with Crippen LogP contribution in [-0.2, 0) is 22.9 Å². The molecule has 0 nitrogen and oxygen atoms in total. The number of allylic oxidation sites excluding steroid dienone is 8. The van der Waals surface area contributed by atoms with Gasteiger partial charge in [0, 0.05) is 0 Å². The summed E-state index contributed by atoms with van der Waals surface area (Å²) in [6, 6.07) is 0. The summed E-state index contributed by atoms with van der Waals surface area (Å²) in [7, 11) is 0. The van der Waals surface area contributed by atoms with Crippen LogP contribution in [-0.4, -0.2) is 0 Å². The molecule has 0 aromatic heterocycles. The van der Waals surface area contributed by atoms with Gasteiger partial charge >= 0.3 is 156 Å². The quantitative estimate of drug-likeness (QED) is 0.433. The zero-order valence-corrected chi connectivity index (χ0v) is 22.2. The Balaban J connectivity index is 0.00000288. The number of halogens is 2. The third-order valence-corrected chi connectivity index (χ3v) is 10.6. The van der Waals surface area contributed by atoms with Crippen LogP contribution < -0.4 is 24.8 Å². The Bertz CT molecular complexity index is 535. The summed E-state index contributed by atoms with van der Waals surface area (Å²) in [5, 5.41) is 0. The minimum atomic E-state index is -0.882. The molecule has 0 atom stereocenters. The van der Waals surface area contributed by atoms with Crippen molar-refractivity contribution in [3.8, 4) is 0 Å². The van der Waals surface area contributed by atoms with Crippen molar-refractivity contribution in [2.24, 2.45) is 23.7 Å². The van der Waals surface area contributed by atoms with E-state index in [4.69, 9.17) is 0 Å². The van der Waals surface area contributed by atoms with Crippen molar-refractivity contribution >= 4 is 0 Å². The average Bonchev–Trinajstić information content (AvgIpc) is 3.02. The molecule has 2 aliphatic rings. The summed E-state index contributed by atoms with van der Waals surface area (Å²) in [6.07, 6.45) is 7.61. The molecule has 0 spiro atoms. The summed E-state index contributed by atoms with van der Waals surface area (Å²) < 4.78 is 3.77. The fourth-order valence-electron chi connectivity index (χ4n) is 4.09. The van der Waals surface area contributed by atoms with Crippen LogP contribution in [0, 0.1) is 23.7 Å². The maximum atomic E-state index is 2.55. The van der Waals surface area contributed by atoms with Crippen molar-refractivity contribution in [1.82, 2.24) is 0 Å². The minimum Gasteiger partial charge on any atom is -1.00 e. The first kappa shape index (κ1) is 25.4. The molecule has 0 saturated heterocycles. The molecule has 2 rings (SSSR count). The smallest absolute Gasteiger partial charge is 1.00 e. The van der Waals surface area contributed by atoms with Crippen LogP contribution >= 0.6 is 0 Å². The van der Waals surface area contributed by atoms with Gasteiger partial charge in [-0.25, -0.2) is 0 Å². The Labute approximate surface area is 179 Å². The normalized spacial score (nSPS) is 17.3. The molecule has 0 aliphatic heterocycles. The molecule has 0 aromatic rings. The Morgan fingerprint density at radius 3 is 1.16 bits per heavy atom. The molecule has 0 unspecified atom stereocenters. The zero-order chi connectivity index (χ0) is 17.3. The van der Waals surface area contributed by atoms with Gasteiger partial charge in [0.05, 0.1) is 0 Å². The fraction of sp³-hybridized carbons (Fsp3) is 0.636. The van der Waals surface area contributed by atoms with Gasteiger partial charge < -0.3 is 24.8 Å². The van der Waals surface area contributed by atoms with E-state index in [0.717, 1.165) is 0 Å². The molecule has 0 bridgehead atoms. The zero-order valence-electron chi connectivity index (χ0n) is 17.1. The van der Waals surface area contributed by atoms with Gasteiger partial charge in [-0.1, -0.05) is 0 Å². The van der Waals surface area contributed by atoms with Crippen molar-refractivity contribution in [1.29, 1.82) is 0 Å². The van der Waals surface area contributed by atoms with Gasteiger partial charge in [-0.3, -0.25) is 0 Å². The fourth-order valence-corrected chi connectivity index (χ4v) is 10.9. The molecule has 140 valence electrons. The molecular formula is C22H34Cl2Hf. The van der Waals surface area contributed by atoms with Crippen molar-refractivity contribution in [2.75, 3.05) is 0 Å². The second-order valence-corrected chi connectivity index (χ2v) is 13.5. The van der Waals surface area contributed by atoms with Gasteiger partial charge in [0.25, 0.3) is 0 Å². The molecule has 25 heavy (non-hydrogen) atoms. The third kappa shape index (κ3) is 5.69. The Kier molecular flexibility index (Phi) is 10.8. The topological polar surface area (TPSA) is 0 Å². The third-order valence-electron chi connectivity index (χ3n) is 5.02. The molecule has 3 heteroatoms. The van der Waals surface area contributed by atoms with E-state index in [1.807, 2.05) is 6.66 Å². The number of hydrogen-bond acceptors (Lipinski definition) is 0. The van der Waals surface area contributed by atoms with Crippen molar-refractivity contribution in [2.45, 2.75) is 68.2 Å². The van der Waals surface area contributed by atoms with E-state index in [1.54, 1.807) is 22.3 Å². The first-order chi connectivity index (χ1) is 10.7. The van der Waals surface area contributed by atoms with Crippen LogP contribution in [0.5, 0.6) is 0 Å². The van der Waals surface area contributed by atoms with E-state index in [0.29, 0.717) is 23.7 Å². The Morgan fingerprint density at radius 2 is 0.920 bits per heavy atom. The van der Waals surface area contributed by atoms with E-state index in [2.05, 4.69) is 67.5 Å². The van der Waals surface area contributed by atoms with Crippen LogP contribution in [0.2, 0.25) is 0 Å². The molecule has 0 amide bonds. The molecule has 0 heterocycles. The molecule has 2 aliphatic carbocycles. The van der Waals surface area contributed by atoms with Crippen LogP contribution in [0.1, 0.15) is 68.2 Å². The van der Waals surface area contributed by atoms with Crippen LogP contribution in [0.15, 0.2) is 41.1 Å². The van der Waals surface area contributed by atoms with Gasteiger partial charge in [-0.05, 0) is 0 Å². The summed E-state index contributed by atoms with van der Waals surface area (Å²) in [5.74, 6) is 2.74. The summed E-state index contributed by atoms with van der Waals surface area (Å²) in [5.41, 5.74) is 6.81. The summed E-state index contributed by atoms with van der Waals surface area (Å²) >= 11 is -0.882. The first-order valence-corrected chi connectivity index (χ1v) is 13.0. The first-order valence-electron chi connectivity index (χ1n) is 9.37. The molecular weight excluding hydrogens is 514 g/mol. The van der Waals surface area contributed by atoms with Crippen molar-refractivity contribution in [3.05, 3.63) is 41.1 Å². The number of rotatable bonds is 6. The van der Waals surface area contributed by atoms with Crippen molar-refractivity contribution < 1.29 is 47.7 Å². The predicted octanol–water partition coefficient (Wildman–Crippen LogP) is 0.869. The summed E-state index contributed by atoms with van der Waals surface area (Å²) in [4.78, 5) is 0. The minimum absolute atomic E-state index is 0. The van der Waals surface area contributed by atoms with Gasteiger partial charge in [0.2, 0.25) is 0 Å².